The molecule has 0 atom stereocenters. The van der Waals surface area contributed by atoms with Crippen molar-refractivity contribution in [3.05, 3.63) is 205 Å². The van der Waals surface area contributed by atoms with Crippen LogP contribution in [0.2, 0.25) is 0 Å². The van der Waals surface area contributed by atoms with Crippen molar-refractivity contribution < 1.29 is 0 Å². The van der Waals surface area contributed by atoms with Gasteiger partial charge in [0.15, 0.2) is 0 Å². The fourth-order valence-electron chi connectivity index (χ4n) is 9.18. The van der Waals surface area contributed by atoms with Crippen LogP contribution in [0.3, 0.4) is 0 Å². The van der Waals surface area contributed by atoms with Crippen LogP contribution in [0.5, 0.6) is 0 Å². The second-order valence-corrected chi connectivity index (χ2v) is 14.8. The maximum Gasteiger partial charge on any atom is 0.0542 e. The Labute approximate surface area is 333 Å². The summed E-state index contributed by atoms with van der Waals surface area (Å²) in [6.07, 6.45) is 9.45. The molecular formula is C55H42N2. The molecule has 2 aromatic heterocycles. The molecule has 0 saturated heterocycles. The maximum atomic E-state index is 4.23. The summed E-state index contributed by atoms with van der Waals surface area (Å²) < 4.78 is 4.69. The lowest BCUT2D eigenvalue weighted by Gasteiger charge is -2.13. The molecule has 8 aromatic carbocycles. The number of allylic oxidation sites excluding steroid dienone is 4. The summed E-state index contributed by atoms with van der Waals surface area (Å²) in [5, 5.41) is 11.4. The van der Waals surface area contributed by atoms with Crippen LogP contribution in [0.15, 0.2) is 183 Å². The molecule has 0 unspecified atom stereocenters. The fraction of sp³-hybridized carbons (Fsp3) is 0.0545. The Bertz CT molecular complexity index is 3270. The number of hydrogen-bond acceptors (Lipinski definition) is 0. The van der Waals surface area contributed by atoms with Gasteiger partial charge in [-0.2, -0.15) is 0 Å². The average Bonchev–Trinajstić information content (AvgIpc) is 3.78. The number of hydrogen-bond donors (Lipinski definition) is 0. The Morgan fingerprint density at radius 1 is 0.474 bits per heavy atom. The monoisotopic (exact) mass is 730 g/mol. The summed E-state index contributed by atoms with van der Waals surface area (Å²) in [4.78, 5) is 0. The summed E-state index contributed by atoms with van der Waals surface area (Å²) in [6.45, 7) is 12.8. The minimum Gasteiger partial charge on any atom is -0.309 e. The van der Waals surface area contributed by atoms with E-state index >= 15 is 0 Å². The molecule has 10 rings (SSSR count). The number of nitrogens with zero attached hydrogens (tertiary/aromatic N) is 2. The number of aromatic nitrogens is 2. The van der Waals surface area contributed by atoms with Crippen molar-refractivity contribution in [2.24, 2.45) is 0 Å². The number of para-hydroxylation sites is 2. The van der Waals surface area contributed by atoms with Gasteiger partial charge in [0.05, 0.1) is 22.2 Å². The molecule has 0 radical (unpaired) electrons. The molecule has 0 saturated carbocycles. The van der Waals surface area contributed by atoms with Crippen molar-refractivity contribution in [1.29, 1.82) is 0 Å². The van der Waals surface area contributed by atoms with Crippen molar-refractivity contribution >= 4 is 88.3 Å². The summed E-state index contributed by atoms with van der Waals surface area (Å²) >= 11 is 0. The van der Waals surface area contributed by atoms with Crippen molar-refractivity contribution in [2.75, 3.05) is 0 Å². The van der Waals surface area contributed by atoms with Gasteiger partial charge in [0, 0.05) is 33.1 Å². The summed E-state index contributed by atoms with van der Waals surface area (Å²) in [5.74, 6) is 0. The van der Waals surface area contributed by atoms with Gasteiger partial charge in [0.1, 0.15) is 0 Å². The second kappa shape index (κ2) is 13.8. The van der Waals surface area contributed by atoms with Crippen molar-refractivity contribution in [1.82, 2.24) is 9.13 Å². The Kier molecular flexibility index (Phi) is 8.34. The summed E-state index contributed by atoms with van der Waals surface area (Å²) in [7, 11) is 0. The molecule has 0 aliphatic carbocycles. The van der Waals surface area contributed by atoms with Gasteiger partial charge in [0.25, 0.3) is 0 Å². The van der Waals surface area contributed by atoms with Gasteiger partial charge in [-0.15, -0.1) is 0 Å². The lowest BCUT2D eigenvalue weighted by molar-refractivity contribution is 1.10. The van der Waals surface area contributed by atoms with Crippen LogP contribution in [-0.4, -0.2) is 9.13 Å². The summed E-state index contributed by atoms with van der Waals surface area (Å²) in [5.41, 5.74) is 12.8. The highest BCUT2D eigenvalue weighted by Gasteiger charge is 2.19. The van der Waals surface area contributed by atoms with E-state index in [0.717, 1.165) is 40.0 Å². The molecular weight excluding hydrogens is 689 g/mol. The van der Waals surface area contributed by atoms with E-state index in [1.54, 1.807) is 0 Å². The topological polar surface area (TPSA) is 9.86 Å². The van der Waals surface area contributed by atoms with Crippen LogP contribution in [0.1, 0.15) is 42.7 Å². The number of benzene rings is 8. The molecule has 10 aromatic rings. The highest BCUT2D eigenvalue weighted by molar-refractivity contribution is 6.25. The molecule has 0 N–H and O–H groups in total. The first-order valence-corrected chi connectivity index (χ1v) is 19.8. The van der Waals surface area contributed by atoms with Gasteiger partial charge in [-0.3, -0.25) is 0 Å². The highest BCUT2D eigenvalue weighted by Crippen LogP contribution is 2.40. The van der Waals surface area contributed by atoms with E-state index in [9.17, 15) is 0 Å². The highest BCUT2D eigenvalue weighted by atomic mass is 15.0. The largest absolute Gasteiger partial charge is 0.309 e. The molecule has 2 heterocycles. The SMILES string of the molecule is C=Cc1c(C=C)n(-c2ccccc2)c2ccc(-n3c4ccccc4c4cc(/C(=C/C(=C\C)c5ccc6c7ccccc7c7ccccc7c6c5)CC)ccc43)cc12. The van der Waals surface area contributed by atoms with E-state index in [0.29, 0.717) is 0 Å². The van der Waals surface area contributed by atoms with Crippen LogP contribution in [0, 0.1) is 0 Å². The minimum absolute atomic E-state index is 0.910. The lowest BCUT2D eigenvalue weighted by atomic mass is 9.91. The van der Waals surface area contributed by atoms with Crippen molar-refractivity contribution in [2.45, 2.75) is 20.3 Å². The Hall–Kier alpha value is -7.16. The third kappa shape index (κ3) is 5.40. The number of fused-ring (bicyclic) bond motifs is 10. The first-order valence-electron chi connectivity index (χ1n) is 19.8. The molecule has 0 amide bonds. The van der Waals surface area contributed by atoms with Gasteiger partial charge in [0.2, 0.25) is 0 Å². The van der Waals surface area contributed by atoms with E-state index in [2.05, 4.69) is 206 Å². The van der Waals surface area contributed by atoms with E-state index in [4.69, 9.17) is 0 Å². The zero-order chi connectivity index (χ0) is 38.6. The maximum absolute atomic E-state index is 4.23. The van der Waals surface area contributed by atoms with Crippen LogP contribution >= 0.6 is 0 Å². The molecule has 0 aliphatic rings. The third-order valence-electron chi connectivity index (χ3n) is 11.8. The molecule has 0 bridgehead atoms. The van der Waals surface area contributed by atoms with E-state index in [1.807, 2.05) is 12.2 Å². The average molecular weight is 731 g/mol. The normalized spacial score (nSPS) is 12.5. The van der Waals surface area contributed by atoms with Crippen molar-refractivity contribution in [3.8, 4) is 11.4 Å². The Balaban J connectivity index is 1.10. The fourth-order valence-corrected chi connectivity index (χ4v) is 9.18. The zero-order valence-corrected chi connectivity index (χ0v) is 32.3. The standard InChI is InChI=1S/C55H42N2/c1-5-36(38-26-29-47-45-22-13-12-20-43(45)44-21-14-15-23-46(44)49(47)33-38)32-37(6-2)39-27-30-54-50(34-39)48-24-16-17-25-53(48)57(54)41-28-31-55-51(35-41)42(7-3)52(8-4)56(55)40-18-10-9-11-19-40/h5,7-35H,3-4,6H2,1-2H3/b36-5+,37-32+. The first-order chi connectivity index (χ1) is 28.1. The predicted octanol–water partition coefficient (Wildman–Crippen LogP) is 15.4. The van der Waals surface area contributed by atoms with Crippen LogP contribution < -0.4 is 0 Å². The van der Waals surface area contributed by atoms with Gasteiger partial charge >= 0.3 is 0 Å². The minimum atomic E-state index is 0.910. The van der Waals surface area contributed by atoms with E-state index in [1.165, 1.54) is 76.4 Å². The molecule has 57 heavy (non-hydrogen) atoms. The first kappa shape index (κ1) is 34.3. The molecule has 0 spiro atoms. The quantitative estimate of drug-likeness (QED) is 0.109. The van der Waals surface area contributed by atoms with Gasteiger partial charge < -0.3 is 9.13 Å². The second-order valence-electron chi connectivity index (χ2n) is 14.8. The molecule has 2 heteroatoms. The van der Waals surface area contributed by atoms with Gasteiger partial charge in [-0.25, -0.2) is 0 Å². The zero-order valence-electron chi connectivity index (χ0n) is 32.3. The van der Waals surface area contributed by atoms with Crippen LogP contribution in [0.4, 0.5) is 0 Å². The van der Waals surface area contributed by atoms with Gasteiger partial charge in [-0.1, -0.05) is 141 Å². The molecule has 0 aliphatic heterocycles. The van der Waals surface area contributed by atoms with Gasteiger partial charge in [-0.05, 0) is 129 Å². The van der Waals surface area contributed by atoms with E-state index in [-0.39, 0.29) is 0 Å². The summed E-state index contributed by atoms with van der Waals surface area (Å²) in [6, 6.07) is 57.6. The molecule has 2 nitrogen and oxygen atoms in total. The Morgan fingerprint density at radius 2 is 1.04 bits per heavy atom. The predicted molar refractivity (Wildman–Crippen MR) is 249 cm³/mol. The van der Waals surface area contributed by atoms with E-state index < -0.39 is 0 Å². The van der Waals surface area contributed by atoms with Crippen LogP contribution in [-0.2, 0) is 0 Å². The third-order valence-corrected chi connectivity index (χ3v) is 11.8. The van der Waals surface area contributed by atoms with Crippen LogP contribution in [0.25, 0.3) is 99.7 Å². The number of rotatable bonds is 8. The molecule has 272 valence electrons. The van der Waals surface area contributed by atoms with Crippen molar-refractivity contribution in [3.63, 3.8) is 0 Å². The molecule has 0 fully saturated rings. The Morgan fingerprint density at radius 3 is 1.70 bits per heavy atom. The smallest absolute Gasteiger partial charge is 0.0542 e. The lowest BCUT2D eigenvalue weighted by Crippen LogP contribution is -1.97.